The second kappa shape index (κ2) is 6.68. The summed E-state index contributed by atoms with van der Waals surface area (Å²) in [5.74, 6) is 2.21. The second-order valence-corrected chi connectivity index (χ2v) is 7.13. The Balaban J connectivity index is 0.000000238. The minimum absolute atomic E-state index is 0.0842. The van der Waals surface area contributed by atoms with E-state index >= 15 is 0 Å². The summed E-state index contributed by atoms with van der Waals surface area (Å²) in [6.45, 7) is 6.51. The topological polar surface area (TPSA) is 38.7 Å². The molecule has 124 valence electrons. The van der Waals surface area contributed by atoms with Crippen molar-refractivity contribution in [1.82, 2.24) is 15.0 Å². The Labute approximate surface area is 144 Å². The zero-order valence-electron chi connectivity index (χ0n) is 14.7. The fourth-order valence-corrected chi connectivity index (χ4v) is 3.33. The van der Waals surface area contributed by atoms with Crippen molar-refractivity contribution >= 4 is 0 Å². The van der Waals surface area contributed by atoms with Gasteiger partial charge in [-0.25, -0.2) is 15.0 Å². The van der Waals surface area contributed by atoms with E-state index in [1.165, 1.54) is 0 Å². The van der Waals surface area contributed by atoms with E-state index in [4.69, 9.17) is 0 Å². The van der Waals surface area contributed by atoms with Gasteiger partial charge in [0.1, 0.15) is 18.0 Å². The van der Waals surface area contributed by atoms with Crippen LogP contribution in [0.5, 0.6) is 0 Å². The Bertz CT molecular complexity index is 709. The Morgan fingerprint density at radius 3 is 2.17 bits per heavy atom. The van der Waals surface area contributed by atoms with E-state index in [9.17, 15) is 0 Å². The second-order valence-electron chi connectivity index (χ2n) is 7.13. The third-order valence-corrected chi connectivity index (χ3v) is 5.05. The largest absolute Gasteiger partial charge is 0.221 e. The van der Waals surface area contributed by atoms with Crippen LogP contribution in [0.15, 0.2) is 67.0 Å². The van der Waals surface area contributed by atoms with Crippen LogP contribution < -0.4 is 0 Å². The van der Waals surface area contributed by atoms with Gasteiger partial charge < -0.3 is 0 Å². The van der Waals surface area contributed by atoms with Crippen LogP contribution in [-0.2, 0) is 5.41 Å². The average Bonchev–Trinajstić information content (AvgIpc) is 3.21. The zero-order valence-corrected chi connectivity index (χ0v) is 14.7. The zero-order chi connectivity index (χ0) is 17.0. The molecule has 2 aromatic rings. The minimum atomic E-state index is 0.0842. The molecule has 1 fully saturated rings. The third kappa shape index (κ3) is 3.16. The number of hydrogen-bond donors (Lipinski definition) is 0. The van der Waals surface area contributed by atoms with Crippen LogP contribution in [0.2, 0.25) is 0 Å². The molecule has 0 N–H and O–H groups in total. The third-order valence-electron chi connectivity index (χ3n) is 5.05. The monoisotopic (exact) mass is 319 g/mol. The van der Waals surface area contributed by atoms with Crippen molar-refractivity contribution in [2.24, 2.45) is 5.41 Å². The van der Waals surface area contributed by atoms with Crippen LogP contribution in [0, 0.1) is 5.41 Å². The molecule has 1 aromatic heterocycles. The predicted molar refractivity (Wildman–Crippen MR) is 97.7 cm³/mol. The van der Waals surface area contributed by atoms with Crippen LogP contribution in [0.4, 0.5) is 0 Å². The fraction of sp³-hybridized carbons (Fsp3) is 0.381. The first-order valence-corrected chi connectivity index (χ1v) is 8.61. The Morgan fingerprint density at radius 1 is 0.958 bits per heavy atom. The molecule has 24 heavy (non-hydrogen) atoms. The van der Waals surface area contributed by atoms with Crippen molar-refractivity contribution in [3.8, 4) is 0 Å². The van der Waals surface area contributed by atoms with Gasteiger partial charge >= 0.3 is 0 Å². The molecule has 2 atom stereocenters. The van der Waals surface area contributed by atoms with E-state index in [0.717, 1.165) is 24.5 Å². The molecule has 4 rings (SSSR count). The van der Waals surface area contributed by atoms with Crippen LogP contribution in [0.1, 0.15) is 51.2 Å². The summed E-state index contributed by atoms with van der Waals surface area (Å²) in [5.41, 5.74) is 0.332. The van der Waals surface area contributed by atoms with E-state index in [0.29, 0.717) is 5.92 Å². The van der Waals surface area contributed by atoms with Gasteiger partial charge in [0, 0.05) is 16.7 Å². The number of aromatic nitrogens is 3. The predicted octanol–water partition coefficient (Wildman–Crippen LogP) is 4.85. The van der Waals surface area contributed by atoms with Gasteiger partial charge in [0.25, 0.3) is 0 Å². The molecule has 0 amide bonds. The summed E-state index contributed by atoms with van der Waals surface area (Å²) in [5, 5.41) is 0. The summed E-state index contributed by atoms with van der Waals surface area (Å²) in [6.07, 6.45) is 12.8. The lowest BCUT2D eigenvalue weighted by Crippen LogP contribution is -2.18. The van der Waals surface area contributed by atoms with E-state index in [1.807, 2.05) is 36.4 Å². The van der Waals surface area contributed by atoms with Crippen molar-refractivity contribution in [3.05, 3.63) is 78.7 Å². The Kier molecular flexibility index (Phi) is 4.61. The lowest BCUT2D eigenvalue weighted by Gasteiger charge is -2.19. The van der Waals surface area contributed by atoms with Crippen molar-refractivity contribution in [2.75, 3.05) is 0 Å². The number of nitrogens with zero attached hydrogens (tertiary/aromatic N) is 3. The van der Waals surface area contributed by atoms with Crippen molar-refractivity contribution in [1.29, 1.82) is 0 Å². The SMILES string of the molecule is CC(C)c1ncnc(C2(C)CC23C=CC=CC3)n1.c1ccccc1. The van der Waals surface area contributed by atoms with E-state index in [-0.39, 0.29) is 10.8 Å². The highest BCUT2D eigenvalue weighted by molar-refractivity contribution is 5.38. The quantitative estimate of drug-likeness (QED) is 0.794. The summed E-state index contributed by atoms with van der Waals surface area (Å²) < 4.78 is 0. The van der Waals surface area contributed by atoms with Gasteiger partial charge in [0.2, 0.25) is 0 Å². The maximum Gasteiger partial charge on any atom is 0.139 e. The van der Waals surface area contributed by atoms with Gasteiger partial charge in [0.05, 0.1) is 0 Å². The highest BCUT2D eigenvalue weighted by atomic mass is 15.0. The number of allylic oxidation sites excluding steroid dienone is 4. The van der Waals surface area contributed by atoms with Crippen molar-refractivity contribution in [2.45, 2.75) is 44.9 Å². The van der Waals surface area contributed by atoms with E-state index in [2.05, 4.69) is 60.0 Å². The maximum atomic E-state index is 4.68. The lowest BCUT2D eigenvalue weighted by molar-refractivity contribution is 0.509. The van der Waals surface area contributed by atoms with E-state index in [1.54, 1.807) is 6.33 Å². The van der Waals surface area contributed by atoms with Crippen LogP contribution in [-0.4, -0.2) is 15.0 Å². The van der Waals surface area contributed by atoms with Crippen molar-refractivity contribution < 1.29 is 0 Å². The Morgan fingerprint density at radius 2 is 1.62 bits per heavy atom. The van der Waals surface area contributed by atoms with E-state index < -0.39 is 0 Å². The lowest BCUT2D eigenvalue weighted by atomic mass is 9.87. The average molecular weight is 319 g/mol. The molecule has 2 unspecified atom stereocenters. The molecule has 1 aromatic carbocycles. The molecule has 2 aliphatic rings. The fourth-order valence-electron chi connectivity index (χ4n) is 3.33. The first-order valence-electron chi connectivity index (χ1n) is 8.61. The van der Waals surface area contributed by atoms with Gasteiger partial charge in [-0.1, -0.05) is 81.5 Å². The highest BCUT2D eigenvalue weighted by Crippen LogP contribution is 2.67. The smallest absolute Gasteiger partial charge is 0.139 e. The number of rotatable bonds is 2. The van der Waals surface area contributed by atoms with Gasteiger partial charge in [0.15, 0.2) is 0 Å². The first kappa shape index (κ1) is 16.6. The summed E-state index contributed by atoms with van der Waals surface area (Å²) in [4.78, 5) is 13.4. The summed E-state index contributed by atoms with van der Waals surface area (Å²) in [7, 11) is 0. The standard InChI is InChI=1S/C15H19N3.C6H6/c1-11(2)12-16-10-17-13(18-12)14(3)9-15(14)7-5-4-6-8-15;1-2-4-6-5-3-1/h4-7,10-11H,8-9H2,1-3H3;1-6H. The van der Waals surface area contributed by atoms with Gasteiger partial charge in [-0.3, -0.25) is 0 Å². The number of benzene rings is 1. The maximum absolute atomic E-state index is 4.68. The first-order chi connectivity index (χ1) is 11.6. The molecular formula is C21H25N3. The molecule has 3 heteroatoms. The molecule has 0 radical (unpaired) electrons. The number of hydrogen-bond acceptors (Lipinski definition) is 3. The van der Waals surface area contributed by atoms with Gasteiger partial charge in [-0.2, -0.15) is 0 Å². The molecular weight excluding hydrogens is 294 g/mol. The normalized spacial score (nSPS) is 27.0. The highest BCUT2D eigenvalue weighted by Gasteiger charge is 2.64. The molecule has 0 bridgehead atoms. The molecule has 1 spiro atoms. The molecule has 1 saturated carbocycles. The minimum Gasteiger partial charge on any atom is -0.221 e. The van der Waals surface area contributed by atoms with Gasteiger partial charge in [-0.15, -0.1) is 0 Å². The molecule has 2 aliphatic carbocycles. The van der Waals surface area contributed by atoms with Crippen LogP contribution in [0.25, 0.3) is 0 Å². The summed E-state index contributed by atoms with van der Waals surface area (Å²) in [6, 6.07) is 12.0. The molecule has 1 heterocycles. The molecule has 0 aliphatic heterocycles. The van der Waals surface area contributed by atoms with Crippen molar-refractivity contribution in [3.63, 3.8) is 0 Å². The van der Waals surface area contributed by atoms with Gasteiger partial charge in [-0.05, 0) is 12.8 Å². The molecule has 3 nitrogen and oxygen atoms in total. The summed E-state index contributed by atoms with van der Waals surface area (Å²) >= 11 is 0. The van der Waals surface area contributed by atoms with Crippen LogP contribution in [0.3, 0.4) is 0 Å². The van der Waals surface area contributed by atoms with Crippen LogP contribution >= 0.6 is 0 Å². The molecule has 0 saturated heterocycles. The Hall–Kier alpha value is -2.29.